The number of carbonyl (C=O) groups is 1. The monoisotopic (exact) mass is 403 g/mol. The van der Waals surface area contributed by atoms with Gasteiger partial charge in [0.15, 0.2) is 0 Å². The SMILES string of the molecule is CC(C)(C)OC(=O)c1ccc(Nc2ccc(Br)s2)c2ccccc12. The highest BCUT2D eigenvalue weighted by atomic mass is 79.9. The molecule has 1 aromatic heterocycles. The summed E-state index contributed by atoms with van der Waals surface area (Å²) in [7, 11) is 0. The summed E-state index contributed by atoms with van der Waals surface area (Å²) in [4.78, 5) is 12.5. The van der Waals surface area contributed by atoms with Crippen molar-refractivity contribution in [3.05, 3.63) is 57.9 Å². The Labute approximate surface area is 153 Å². The molecule has 0 saturated carbocycles. The molecule has 1 heterocycles. The Balaban J connectivity index is 2.02. The van der Waals surface area contributed by atoms with Crippen molar-refractivity contribution in [3.63, 3.8) is 0 Å². The molecule has 0 aliphatic heterocycles. The third-order valence-electron chi connectivity index (χ3n) is 3.37. The number of benzene rings is 2. The lowest BCUT2D eigenvalue weighted by atomic mass is 10.0. The summed E-state index contributed by atoms with van der Waals surface area (Å²) in [5.74, 6) is -0.302. The van der Waals surface area contributed by atoms with Crippen molar-refractivity contribution in [2.24, 2.45) is 0 Å². The molecule has 3 aromatic rings. The zero-order valence-electron chi connectivity index (χ0n) is 13.7. The summed E-state index contributed by atoms with van der Waals surface area (Å²) in [6, 6.07) is 15.6. The van der Waals surface area contributed by atoms with E-state index in [1.807, 2.05) is 69.3 Å². The predicted octanol–water partition coefficient (Wildman–Crippen LogP) is 6.36. The quantitative estimate of drug-likeness (QED) is 0.516. The van der Waals surface area contributed by atoms with Gasteiger partial charge >= 0.3 is 5.97 Å². The predicted molar refractivity (Wildman–Crippen MR) is 104 cm³/mol. The molecule has 3 nitrogen and oxygen atoms in total. The van der Waals surface area contributed by atoms with Gasteiger partial charge < -0.3 is 10.1 Å². The second-order valence-corrected chi connectivity index (χ2v) is 8.90. The number of nitrogens with one attached hydrogen (secondary N) is 1. The van der Waals surface area contributed by atoms with Crippen LogP contribution < -0.4 is 5.32 Å². The largest absolute Gasteiger partial charge is 0.456 e. The van der Waals surface area contributed by atoms with E-state index in [1.165, 1.54) is 0 Å². The van der Waals surface area contributed by atoms with E-state index in [9.17, 15) is 4.79 Å². The van der Waals surface area contributed by atoms with E-state index in [0.717, 1.165) is 25.2 Å². The van der Waals surface area contributed by atoms with Crippen LogP contribution in [0.4, 0.5) is 10.7 Å². The van der Waals surface area contributed by atoms with E-state index in [-0.39, 0.29) is 5.97 Å². The van der Waals surface area contributed by atoms with Crippen LogP contribution in [0.5, 0.6) is 0 Å². The molecular weight excluding hydrogens is 386 g/mol. The third-order valence-corrected chi connectivity index (χ3v) is 4.91. The van der Waals surface area contributed by atoms with Gasteiger partial charge in [0.2, 0.25) is 0 Å². The van der Waals surface area contributed by atoms with Gasteiger partial charge in [0.1, 0.15) is 5.60 Å². The van der Waals surface area contributed by atoms with Crippen LogP contribution in [-0.4, -0.2) is 11.6 Å². The molecule has 24 heavy (non-hydrogen) atoms. The maximum absolute atomic E-state index is 12.5. The molecule has 2 aromatic carbocycles. The molecule has 0 aliphatic rings. The maximum Gasteiger partial charge on any atom is 0.339 e. The number of thiophene rings is 1. The van der Waals surface area contributed by atoms with E-state index in [2.05, 4.69) is 21.2 Å². The first-order chi connectivity index (χ1) is 11.3. The first kappa shape index (κ1) is 17.0. The van der Waals surface area contributed by atoms with Crippen molar-refractivity contribution in [3.8, 4) is 0 Å². The number of esters is 1. The van der Waals surface area contributed by atoms with Gasteiger partial charge in [-0.3, -0.25) is 0 Å². The fraction of sp³-hybridized carbons (Fsp3) is 0.211. The normalized spacial score (nSPS) is 11.5. The van der Waals surface area contributed by atoms with Crippen molar-refractivity contribution < 1.29 is 9.53 Å². The van der Waals surface area contributed by atoms with E-state index < -0.39 is 5.60 Å². The first-order valence-electron chi connectivity index (χ1n) is 7.61. The van der Waals surface area contributed by atoms with E-state index in [0.29, 0.717) is 5.56 Å². The number of ether oxygens (including phenoxy) is 1. The molecule has 0 bridgehead atoms. The molecule has 124 valence electrons. The molecular formula is C19H18BrNO2S. The second kappa shape index (κ2) is 6.57. The Morgan fingerprint density at radius 3 is 2.38 bits per heavy atom. The highest BCUT2D eigenvalue weighted by Gasteiger charge is 2.20. The van der Waals surface area contributed by atoms with Gasteiger partial charge in [0.25, 0.3) is 0 Å². The van der Waals surface area contributed by atoms with Crippen LogP contribution in [-0.2, 0) is 4.74 Å². The molecule has 0 spiro atoms. The van der Waals surface area contributed by atoms with E-state index in [4.69, 9.17) is 4.74 Å². The van der Waals surface area contributed by atoms with Gasteiger partial charge in [-0.15, -0.1) is 11.3 Å². The minimum Gasteiger partial charge on any atom is -0.456 e. The van der Waals surface area contributed by atoms with Crippen molar-refractivity contribution in [1.82, 2.24) is 0 Å². The number of hydrogen-bond donors (Lipinski definition) is 1. The molecule has 0 amide bonds. The smallest absolute Gasteiger partial charge is 0.339 e. The number of carbonyl (C=O) groups excluding carboxylic acids is 1. The van der Waals surface area contributed by atoms with Gasteiger partial charge in [-0.25, -0.2) is 4.79 Å². The summed E-state index contributed by atoms with van der Waals surface area (Å²) >= 11 is 5.09. The lowest BCUT2D eigenvalue weighted by Crippen LogP contribution is -2.24. The summed E-state index contributed by atoms with van der Waals surface area (Å²) in [6.45, 7) is 5.62. The second-order valence-electron chi connectivity index (χ2n) is 6.44. The van der Waals surface area contributed by atoms with Crippen molar-refractivity contribution in [2.75, 3.05) is 5.32 Å². The fourth-order valence-electron chi connectivity index (χ4n) is 2.43. The van der Waals surface area contributed by atoms with Crippen molar-refractivity contribution >= 4 is 54.7 Å². The lowest BCUT2D eigenvalue weighted by Gasteiger charge is -2.20. The highest BCUT2D eigenvalue weighted by molar-refractivity contribution is 9.11. The molecule has 1 N–H and O–H groups in total. The Kier molecular flexibility index (Phi) is 4.65. The minimum atomic E-state index is -0.516. The molecule has 0 fully saturated rings. The van der Waals surface area contributed by atoms with E-state index in [1.54, 1.807) is 11.3 Å². The van der Waals surface area contributed by atoms with Gasteiger partial charge in [-0.1, -0.05) is 24.3 Å². The molecule has 5 heteroatoms. The van der Waals surface area contributed by atoms with Gasteiger partial charge in [-0.2, -0.15) is 0 Å². The van der Waals surface area contributed by atoms with Gasteiger partial charge in [0, 0.05) is 11.1 Å². The Morgan fingerprint density at radius 2 is 1.75 bits per heavy atom. The van der Waals surface area contributed by atoms with Crippen LogP contribution in [0.15, 0.2) is 52.3 Å². The van der Waals surface area contributed by atoms with Crippen LogP contribution in [0.3, 0.4) is 0 Å². The fourth-order valence-corrected chi connectivity index (χ4v) is 3.73. The van der Waals surface area contributed by atoms with Crippen LogP contribution in [0, 0.1) is 0 Å². The Hall–Kier alpha value is -1.85. The van der Waals surface area contributed by atoms with E-state index >= 15 is 0 Å². The van der Waals surface area contributed by atoms with Crippen LogP contribution in [0.2, 0.25) is 0 Å². The first-order valence-corrected chi connectivity index (χ1v) is 9.22. The molecule has 0 unspecified atom stereocenters. The zero-order valence-corrected chi connectivity index (χ0v) is 16.1. The van der Waals surface area contributed by atoms with Gasteiger partial charge in [0.05, 0.1) is 14.4 Å². The summed E-state index contributed by atoms with van der Waals surface area (Å²) in [5.41, 5.74) is 1.03. The Bertz CT molecular complexity index is 896. The van der Waals surface area contributed by atoms with Crippen LogP contribution in [0.25, 0.3) is 10.8 Å². The van der Waals surface area contributed by atoms with Crippen molar-refractivity contribution in [1.29, 1.82) is 0 Å². The molecule has 0 atom stereocenters. The number of halogens is 1. The van der Waals surface area contributed by atoms with Crippen molar-refractivity contribution in [2.45, 2.75) is 26.4 Å². The van der Waals surface area contributed by atoms with Crippen LogP contribution >= 0.6 is 27.3 Å². The maximum atomic E-state index is 12.5. The average Bonchev–Trinajstić information content (AvgIpc) is 2.91. The number of fused-ring (bicyclic) bond motifs is 1. The third kappa shape index (κ3) is 3.79. The summed E-state index contributed by atoms with van der Waals surface area (Å²) in [6.07, 6.45) is 0. The Morgan fingerprint density at radius 1 is 1.04 bits per heavy atom. The molecule has 0 radical (unpaired) electrons. The number of hydrogen-bond acceptors (Lipinski definition) is 4. The van der Waals surface area contributed by atoms with Crippen LogP contribution in [0.1, 0.15) is 31.1 Å². The summed E-state index contributed by atoms with van der Waals surface area (Å²) < 4.78 is 6.60. The summed E-state index contributed by atoms with van der Waals surface area (Å²) in [5, 5.41) is 6.33. The topological polar surface area (TPSA) is 38.3 Å². The minimum absolute atomic E-state index is 0.302. The highest BCUT2D eigenvalue weighted by Crippen LogP contribution is 2.34. The number of rotatable bonds is 3. The average molecular weight is 404 g/mol. The molecule has 0 saturated heterocycles. The lowest BCUT2D eigenvalue weighted by molar-refractivity contribution is 0.00719. The van der Waals surface area contributed by atoms with Gasteiger partial charge in [-0.05, 0) is 66.4 Å². The zero-order chi connectivity index (χ0) is 17.3. The standard InChI is InChI=1S/C19H18BrNO2S/c1-19(2,3)23-18(22)14-8-9-15(13-7-5-4-6-12(13)14)21-17-11-10-16(20)24-17/h4-11,21H,1-3H3. The molecule has 3 rings (SSSR count). The number of anilines is 2. The molecule has 0 aliphatic carbocycles.